The number of amides is 2. The topological polar surface area (TPSA) is 79.8 Å². The number of hydrogen-bond acceptors (Lipinski definition) is 4. The van der Waals surface area contributed by atoms with Crippen LogP contribution < -0.4 is 15.5 Å². The zero-order chi connectivity index (χ0) is 24.0. The van der Waals surface area contributed by atoms with E-state index in [1.54, 1.807) is 30.3 Å². The maximum atomic E-state index is 12.8. The molecule has 0 bridgehead atoms. The van der Waals surface area contributed by atoms with Gasteiger partial charge in [0.05, 0.1) is 12.8 Å². The fraction of sp³-hybridized carbons (Fsp3) is 0.107. The highest BCUT2D eigenvalue weighted by molar-refractivity contribution is 6.03. The Hall–Kier alpha value is -4.45. The van der Waals surface area contributed by atoms with Crippen LogP contribution in [0.5, 0.6) is 5.75 Å². The number of carbonyl (C=O) groups excluding carboxylic acids is 2. The van der Waals surface area contributed by atoms with Gasteiger partial charge in [-0.05, 0) is 42.3 Å². The van der Waals surface area contributed by atoms with Crippen molar-refractivity contribution in [3.8, 4) is 5.75 Å². The average molecular weight is 454 g/mol. The lowest BCUT2D eigenvalue weighted by Gasteiger charge is -2.09. The quantitative estimate of drug-likeness (QED) is 0.197. The first kappa shape index (κ1) is 24.2. The highest BCUT2D eigenvalue weighted by Crippen LogP contribution is 2.16. The van der Waals surface area contributed by atoms with E-state index in [1.165, 1.54) is 12.3 Å². The van der Waals surface area contributed by atoms with Crippen LogP contribution in [0.25, 0.3) is 6.08 Å². The Morgan fingerprint density at radius 1 is 0.912 bits per heavy atom. The number of nitrogens with zero attached hydrogens (tertiary/aromatic N) is 1. The molecule has 0 aliphatic heterocycles. The van der Waals surface area contributed by atoms with Crippen LogP contribution in [0.1, 0.15) is 34.8 Å². The Morgan fingerprint density at radius 2 is 1.59 bits per heavy atom. The Kier molecular flexibility index (Phi) is 9.38. The fourth-order valence-corrected chi connectivity index (χ4v) is 2.93. The van der Waals surface area contributed by atoms with Gasteiger partial charge in [0.2, 0.25) is 0 Å². The molecule has 0 heterocycles. The zero-order valence-electron chi connectivity index (χ0n) is 19.0. The minimum atomic E-state index is -0.551. The lowest BCUT2D eigenvalue weighted by Crippen LogP contribution is -2.32. The average Bonchev–Trinajstić information content (AvgIpc) is 2.88. The summed E-state index contributed by atoms with van der Waals surface area (Å²) in [4.78, 5) is 25.4. The predicted octanol–water partition coefficient (Wildman–Crippen LogP) is 4.95. The van der Waals surface area contributed by atoms with E-state index in [1.807, 2.05) is 73.7 Å². The summed E-state index contributed by atoms with van der Waals surface area (Å²) < 4.78 is 5.71. The smallest absolute Gasteiger partial charge is 0.287 e. The van der Waals surface area contributed by atoms with E-state index in [4.69, 9.17) is 4.74 Å². The van der Waals surface area contributed by atoms with Crippen molar-refractivity contribution in [1.29, 1.82) is 0 Å². The summed E-state index contributed by atoms with van der Waals surface area (Å²) in [7, 11) is 0. The lowest BCUT2D eigenvalue weighted by molar-refractivity contribution is -0.117. The van der Waals surface area contributed by atoms with E-state index >= 15 is 0 Å². The van der Waals surface area contributed by atoms with Gasteiger partial charge in [0, 0.05) is 11.1 Å². The van der Waals surface area contributed by atoms with Crippen LogP contribution in [-0.4, -0.2) is 24.6 Å². The van der Waals surface area contributed by atoms with Gasteiger partial charge in [-0.15, -0.1) is 0 Å². The monoisotopic (exact) mass is 453 g/mol. The van der Waals surface area contributed by atoms with Crippen molar-refractivity contribution in [2.24, 2.45) is 5.10 Å². The first-order valence-corrected chi connectivity index (χ1v) is 11.0. The molecule has 2 N–H and O–H groups in total. The van der Waals surface area contributed by atoms with Crippen LogP contribution >= 0.6 is 0 Å². The molecule has 0 radical (unpaired) electrons. The summed E-state index contributed by atoms with van der Waals surface area (Å²) in [6.45, 7) is 2.62. The number of nitrogens with one attached hydrogen (secondary N) is 2. The summed E-state index contributed by atoms with van der Waals surface area (Å²) in [6, 6.07) is 25.8. The number of hydrazone groups is 1. The largest absolute Gasteiger partial charge is 0.493 e. The van der Waals surface area contributed by atoms with Crippen molar-refractivity contribution >= 4 is 24.1 Å². The van der Waals surface area contributed by atoms with Gasteiger partial charge in [0.15, 0.2) is 0 Å². The number of allylic oxidation sites excluding steroid dienone is 2. The molecule has 3 aromatic carbocycles. The Balaban J connectivity index is 1.75. The molecule has 0 atom stereocenters. The van der Waals surface area contributed by atoms with Gasteiger partial charge in [-0.2, -0.15) is 5.10 Å². The molecule has 3 rings (SSSR count). The molecule has 0 aliphatic carbocycles. The molecule has 0 spiro atoms. The van der Waals surface area contributed by atoms with E-state index < -0.39 is 11.8 Å². The fourth-order valence-electron chi connectivity index (χ4n) is 2.93. The summed E-state index contributed by atoms with van der Waals surface area (Å²) in [5, 5.41) is 6.72. The van der Waals surface area contributed by atoms with Crippen LogP contribution in [0.2, 0.25) is 0 Å². The summed E-state index contributed by atoms with van der Waals surface area (Å²) in [6.07, 6.45) is 7.48. The first-order valence-electron chi connectivity index (χ1n) is 11.0. The third-order valence-electron chi connectivity index (χ3n) is 4.63. The number of hydrogen-bond donors (Lipinski definition) is 2. The second-order valence-electron chi connectivity index (χ2n) is 7.26. The van der Waals surface area contributed by atoms with E-state index in [0.717, 1.165) is 17.5 Å². The molecule has 6 nitrogen and oxygen atoms in total. The van der Waals surface area contributed by atoms with E-state index in [0.29, 0.717) is 17.9 Å². The number of para-hydroxylation sites is 1. The van der Waals surface area contributed by atoms with Gasteiger partial charge in [0.1, 0.15) is 11.4 Å². The van der Waals surface area contributed by atoms with Gasteiger partial charge in [0.25, 0.3) is 11.8 Å². The SMILES string of the molecule is CCCOc1ccccc1C=NNC(=O)C(=CC=Cc1ccccc1)NC(=O)c1ccccc1. The highest BCUT2D eigenvalue weighted by atomic mass is 16.5. The summed E-state index contributed by atoms with van der Waals surface area (Å²) in [5.74, 6) is -0.260. The Bertz CT molecular complexity index is 1170. The number of carbonyl (C=O) groups is 2. The molecule has 0 saturated heterocycles. The molecular formula is C28H27N3O3. The molecule has 0 aromatic heterocycles. The van der Waals surface area contributed by atoms with E-state index in [2.05, 4.69) is 15.8 Å². The van der Waals surface area contributed by atoms with E-state index in [9.17, 15) is 9.59 Å². The molecule has 3 aromatic rings. The molecule has 0 fully saturated rings. The third kappa shape index (κ3) is 7.60. The van der Waals surface area contributed by atoms with Gasteiger partial charge in [-0.1, -0.05) is 79.7 Å². The summed E-state index contributed by atoms with van der Waals surface area (Å²) in [5.41, 5.74) is 4.69. The zero-order valence-corrected chi connectivity index (χ0v) is 19.0. The number of ether oxygens (including phenoxy) is 1. The number of benzene rings is 3. The van der Waals surface area contributed by atoms with Crippen molar-refractivity contribution in [2.75, 3.05) is 6.61 Å². The van der Waals surface area contributed by atoms with Crippen LogP contribution in [0, 0.1) is 0 Å². The molecule has 0 aliphatic rings. The van der Waals surface area contributed by atoms with E-state index in [-0.39, 0.29) is 5.70 Å². The second kappa shape index (κ2) is 13.2. The lowest BCUT2D eigenvalue weighted by atomic mass is 10.2. The standard InChI is InChI=1S/C28H27N3O3/c1-2-20-34-26-19-10-9-17-24(26)21-29-31-28(33)25(18-11-14-22-12-5-3-6-13-22)30-27(32)23-15-7-4-8-16-23/h3-19,21H,2,20H2,1H3,(H,30,32)(H,31,33). The van der Waals surface area contributed by atoms with Crippen LogP contribution in [-0.2, 0) is 4.79 Å². The van der Waals surface area contributed by atoms with Gasteiger partial charge >= 0.3 is 0 Å². The molecule has 34 heavy (non-hydrogen) atoms. The van der Waals surface area contributed by atoms with Crippen molar-refractivity contribution in [3.05, 3.63) is 119 Å². The van der Waals surface area contributed by atoms with Gasteiger partial charge < -0.3 is 10.1 Å². The maximum Gasteiger partial charge on any atom is 0.287 e. The van der Waals surface area contributed by atoms with Crippen molar-refractivity contribution < 1.29 is 14.3 Å². The highest BCUT2D eigenvalue weighted by Gasteiger charge is 2.13. The van der Waals surface area contributed by atoms with Gasteiger partial charge in [-0.25, -0.2) is 5.43 Å². The molecular weight excluding hydrogens is 426 g/mol. The minimum absolute atomic E-state index is 0.0636. The molecule has 6 heteroatoms. The summed E-state index contributed by atoms with van der Waals surface area (Å²) >= 11 is 0. The molecule has 172 valence electrons. The van der Waals surface area contributed by atoms with Crippen LogP contribution in [0.15, 0.2) is 108 Å². The number of rotatable bonds is 10. The maximum absolute atomic E-state index is 12.8. The molecule has 2 amide bonds. The Labute approximate surface area is 199 Å². The van der Waals surface area contributed by atoms with Crippen molar-refractivity contribution in [1.82, 2.24) is 10.7 Å². The molecule has 0 unspecified atom stereocenters. The first-order chi connectivity index (χ1) is 16.7. The Morgan fingerprint density at radius 3 is 2.32 bits per heavy atom. The second-order valence-corrected chi connectivity index (χ2v) is 7.26. The van der Waals surface area contributed by atoms with Gasteiger partial charge in [-0.3, -0.25) is 9.59 Å². The van der Waals surface area contributed by atoms with Crippen molar-refractivity contribution in [2.45, 2.75) is 13.3 Å². The normalized spacial score (nSPS) is 11.5. The van der Waals surface area contributed by atoms with Crippen molar-refractivity contribution in [3.63, 3.8) is 0 Å². The molecule has 0 saturated carbocycles. The third-order valence-corrected chi connectivity index (χ3v) is 4.63. The predicted molar refractivity (Wildman–Crippen MR) is 135 cm³/mol. The minimum Gasteiger partial charge on any atom is -0.493 e. The van der Waals surface area contributed by atoms with Crippen LogP contribution in [0.4, 0.5) is 0 Å². The van der Waals surface area contributed by atoms with Crippen LogP contribution in [0.3, 0.4) is 0 Å².